The molecule has 1 aromatic heterocycles. The summed E-state index contributed by atoms with van der Waals surface area (Å²) in [6.45, 7) is 8.04. The van der Waals surface area contributed by atoms with Gasteiger partial charge in [0, 0.05) is 24.0 Å². The summed E-state index contributed by atoms with van der Waals surface area (Å²) < 4.78 is 0. The molecule has 1 aromatic rings. The smallest absolute Gasteiger partial charge is 0.0940 e. The normalized spacial score (nSPS) is 25.7. The lowest BCUT2D eigenvalue weighted by atomic mass is 9.74. The van der Waals surface area contributed by atoms with Gasteiger partial charge < -0.3 is 5.32 Å². The summed E-state index contributed by atoms with van der Waals surface area (Å²) in [5.41, 5.74) is 0. The third-order valence-corrected chi connectivity index (χ3v) is 5.47. The third-order valence-electron chi connectivity index (χ3n) is 4.67. The molecule has 1 unspecified atom stereocenters. The third kappa shape index (κ3) is 4.28. The second-order valence-corrected chi connectivity index (χ2v) is 7.19. The van der Waals surface area contributed by atoms with Crippen LogP contribution in [0.4, 0.5) is 0 Å². The molecule has 1 aliphatic carbocycles. The van der Waals surface area contributed by atoms with Gasteiger partial charge in [-0.05, 0) is 50.0 Å². The van der Waals surface area contributed by atoms with Crippen LogP contribution < -0.4 is 5.32 Å². The highest BCUT2D eigenvalue weighted by Crippen LogP contribution is 2.35. The molecule has 1 fully saturated rings. The van der Waals surface area contributed by atoms with Crippen molar-refractivity contribution < 1.29 is 0 Å². The second-order valence-electron chi connectivity index (χ2n) is 6.21. The first-order valence-electron chi connectivity index (χ1n) is 7.82. The Bertz CT molecular complexity index is 340. The number of thiazole rings is 1. The molecule has 1 N–H and O–H groups in total. The fourth-order valence-electron chi connectivity index (χ4n) is 3.42. The quantitative estimate of drug-likeness (QED) is 0.847. The van der Waals surface area contributed by atoms with Gasteiger partial charge in [0.1, 0.15) is 0 Å². The maximum absolute atomic E-state index is 4.45. The fraction of sp³-hybridized carbons (Fsp3) is 0.812. The molecule has 1 heterocycles. The van der Waals surface area contributed by atoms with Gasteiger partial charge in [0.25, 0.3) is 0 Å². The number of rotatable bonds is 6. The molecule has 0 aliphatic heterocycles. The average molecular weight is 280 g/mol. The summed E-state index contributed by atoms with van der Waals surface area (Å²) in [5.74, 6) is 2.66. The highest BCUT2D eigenvalue weighted by molar-refractivity contribution is 7.09. The number of aromatic nitrogens is 1. The van der Waals surface area contributed by atoms with Crippen LogP contribution in [0.2, 0.25) is 0 Å². The molecule has 0 aromatic carbocycles. The van der Waals surface area contributed by atoms with Crippen molar-refractivity contribution in [3.8, 4) is 0 Å². The topological polar surface area (TPSA) is 24.9 Å². The zero-order chi connectivity index (χ0) is 13.7. The molecular weight excluding hydrogens is 252 g/mol. The molecule has 19 heavy (non-hydrogen) atoms. The average Bonchev–Trinajstić information content (AvgIpc) is 2.91. The molecule has 0 amide bonds. The second kappa shape index (κ2) is 7.39. The van der Waals surface area contributed by atoms with Crippen LogP contribution in [0, 0.1) is 17.8 Å². The van der Waals surface area contributed by atoms with Crippen molar-refractivity contribution in [1.82, 2.24) is 10.3 Å². The molecule has 0 saturated heterocycles. The summed E-state index contributed by atoms with van der Waals surface area (Å²) in [4.78, 5) is 4.45. The van der Waals surface area contributed by atoms with E-state index in [0.29, 0.717) is 6.04 Å². The number of likely N-dealkylation sites (N-methyl/N-ethyl adjacent to an activating group) is 1. The van der Waals surface area contributed by atoms with E-state index in [1.54, 1.807) is 11.3 Å². The Morgan fingerprint density at radius 1 is 1.26 bits per heavy atom. The van der Waals surface area contributed by atoms with Crippen molar-refractivity contribution in [3.05, 3.63) is 16.6 Å². The van der Waals surface area contributed by atoms with Crippen LogP contribution in [-0.4, -0.2) is 17.6 Å². The van der Waals surface area contributed by atoms with Crippen molar-refractivity contribution in [2.45, 2.75) is 58.9 Å². The van der Waals surface area contributed by atoms with Gasteiger partial charge in [-0.25, -0.2) is 4.98 Å². The zero-order valence-electron chi connectivity index (χ0n) is 12.6. The van der Waals surface area contributed by atoms with E-state index in [-0.39, 0.29) is 0 Å². The van der Waals surface area contributed by atoms with Gasteiger partial charge in [0.2, 0.25) is 0 Å². The molecule has 3 heteroatoms. The van der Waals surface area contributed by atoms with E-state index in [0.717, 1.165) is 30.7 Å². The van der Waals surface area contributed by atoms with E-state index in [4.69, 9.17) is 0 Å². The first-order chi connectivity index (χ1) is 9.20. The number of nitrogens with one attached hydrogen (secondary N) is 1. The van der Waals surface area contributed by atoms with Gasteiger partial charge in [-0.1, -0.05) is 20.8 Å². The Hall–Kier alpha value is -0.410. The van der Waals surface area contributed by atoms with Crippen LogP contribution in [0.15, 0.2) is 11.6 Å². The molecule has 0 bridgehead atoms. The molecule has 0 radical (unpaired) electrons. The Morgan fingerprint density at radius 3 is 2.47 bits per heavy atom. The van der Waals surface area contributed by atoms with Crippen LogP contribution in [0.5, 0.6) is 0 Å². The maximum Gasteiger partial charge on any atom is 0.0940 e. The minimum absolute atomic E-state index is 0.629. The van der Waals surface area contributed by atoms with Crippen molar-refractivity contribution >= 4 is 11.3 Å². The lowest BCUT2D eigenvalue weighted by Crippen LogP contribution is -2.40. The number of nitrogens with zero attached hydrogens (tertiary/aromatic N) is 1. The predicted octanol–water partition coefficient (Wildman–Crippen LogP) is 4.13. The zero-order valence-corrected chi connectivity index (χ0v) is 13.4. The van der Waals surface area contributed by atoms with Gasteiger partial charge in [-0.15, -0.1) is 11.3 Å². The molecule has 1 saturated carbocycles. The largest absolute Gasteiger partial charge is 0.314 e. The van der Waals surface area contributed by atoms with Crippen LogP contribution in [-0.2, 0) is 6.42 Å². The van der Waals surface area contributed by atoms with Crippen molar-refractivity contribution in [2.24, 2.45) is 17.8 Å². The Balaban J connectivity index is 1.89. The molecule has 1 atom stereocenters. The number of hydrogen-bond acceptors (Lipinski definition) is 3. The highest BCUT2D eigenvalue weighted by Gasteiger charge is 2.28. The first kappa shape index (κ1) is 15.0. The molecule has 2 nitrogen and oxygen atoms in total. The van der Waals surface area contributed by atoms with Gasteiger partial charge in [-0.2, -0.15) is 0 Å². The van der Waals surface area contributed by atoms with Crippen LogP contribution in [0.3, 0.4) is 0 Å². The lowest BCUT2D eigenvalue weighted by molar-refractivity contribution is 0.188. The summed E-state index contributed by atoms with van der Waals surface area (Å²) in [7, 11) is 0. The monoisotopic (exact) mass is 280 g/mol. The van der Waals surface area contributed by atoms with Crippen molar-refractivity contribution in [2.75, 3.05) is 6.54 Å². The van der Waals surface area contributed by atoms with Gasteiger partial charge in [0.15, 0.2) is 0 Å². The van der Waals surface area contributed by atoms with E-state index >= 15 is 0 Å². The molecule has 108 valence electrons. The molecule has 1 aliphatic rings. The summed E-state index contributed by atoms with van der Waals surface area (Å²) in [6.07, 6.45) is 8.67. The van der Waals surface area contributed by atoms with E-state index < -0.39 is 0 Å². The Kier molecular flexibility index (Phi) is 5.83. The van der Waals surface area contributed by atoms with E-state index in [9.17, 15) is 0 Å². The molecular formula is C16H28N2S. The van der Waals surface area contributed by atoms with E-state index in [2.05, 4.69) is 36.5 Å². The van der Waals surface area contributed by atoms with Crippen molar-refractivity contribution in [3.63, 3.8) is 0 Å². The fourth-order valence-corrected chi connectivity index (χ4v) is 4.10. The van der Waals surface area contributed by atoms with Crippen LogP contribution in [0.1, 0.15) is 51.5 Å². The van der Waals surface area contributed by atoms with Crippen LogP contribution in [0.25, 0.3) is 0 Å². The van der Waals surface area contributed by atoms with Gasteiger partial charge in [0.05, 0.1) is 5.01 Å². The number of hydrogen-bond donors (Lipinski definition) is 1. The molecule has 2 rings (SSSR count). The Labute approximate surface area is 122 Å². The Morgan fingerprint density at radius 2 is 1.95 bits per heavy atom. The summed E-state index contributed by atoms with van der Waals surface area (Å²) in [5, 5.41) is 7.08. The lowest BCUT2D eigenvalue weighted by Gasteiger charge is -2.35. The van der Waals surface area contributed by atoms with Crippen molar-refractivity contribution in [1.29, 1.82) is 0 Å². The standard InChI is InChI=1S/C16H28N2S/c1-4-17-15(11-16-18-9-10-19-16)14-7-5-13(6-8-14)12(2)3/h9-10,12-15,17H,4-8,11H2,1-3H3. The summed E-state index contributed by atoms with van der Waals surface area (Å²) >= 11 is 1.80. The minimum atomic E-state index is 0.629. The van der Waals surface area contributed by atoms with Gasteiger partial charge in [-0.3, -0.25) is 0 Å². The summed E-state index contributed by atoms with van der Waals surface area (Å²) in [6, 6.07) is 0.629. The van der Waals surface area contributed by atoms with E-state index in [1.165, 1.54) is 30.7 Å². The first-order valence-corrected chi connectivity index (χ1v) is 8.70. The molecule has 0 spiro atoms. The minimum Gasteiger partial charge on any atom is -0.314 e. The SMILES string of the molecule is CCNC(Cc1nccs1)C1CCC(C(C)C)CC1. The predicted molar refractivity (Wildman–Crippen MR) is 83.6 cm³/mol. The maximum atomic E-state index is 4.45. The van der Waals surface area contributed by atoms with Crippen LogP contribution >= 0.6 is 11.3 Å². The highest BCUT2D eigenvalue weighted by atomic mass is 32.1. The van der Waals surface area contributed by atoms with Gasteiger partial charge >= 0.3 is 0 Å². The van der Waals surface area contributed by atoms with E-state index in [1.807, 2.05) is 6.20 Å².